The number of carbonyl (C=O) groups excluding carboxylic acids is 1. The maximum absolute atomic E-state index is 12.3. The molecule has 0 saturated carbocycles. The van der Waals surface area contributed by atoms with Gasteiger partial charge in [-0.25, -0.2) is 9.97 Å². The number of anilines is 1. The Hall–Kier alpha value is -2.60. The Morgan fingerprint density at radius 2 is 1.82 bits per heavy atom. The van der Waals surface area contributed by atoms with Crippen LogP contribution in [0.25, 0.3) is 22.4 Å². The average Bonchev–Trinajstić information content (AvgIpc) is 3.02. The first-order valence-corrected chi connectivity index (χ1v) is 9.90. The molecule has 0 aliphatic carbocycles. The van der Waals surface area contributed by atoms with Gasteiger partial charge in [0.05, 0.1) is 12.1 Å². The van der Waals surface area contributed by atoms with Gasteiger partial charge in [-0.05, 0) is 58.0 Å². The third-order valence-corrected chi connectivity index (χ3v) is 4.86. The number of fused-ring (bicyclic) bond motifs is 1. The lowest BCUT2D eigenvalue weighted by molar-refractivity contribution is -0.143. The molecule has 148 valence electrons. The monoisotopic (exact) mass is 400 g/mol. The number of nitrogens with zero attached hydrogens (tertiary/aromatic N) is 4. The number of aromatic nitrogens is 3. The van der Waals surface area contributed by atoms with Gasteiger partial charge in [0, 0.05) is 29.4 Å². The number of ether oxygens (including phenoxy) is 1. The third kappa shape index (κ3) is 3.97. The summed E-state index contributed by atoms with van der Waals surface area (Å²) in [7, 11) is 0. The molecule has 6 nitrogen and oxygen atoms in total. The predicted octanol–water partition coefficient (Wildman–Crippen LogP) is 4.47. The van der Waals surface area contributed by atoms with Gasteiger partial charge in [0.1, 0.15) is 17.9 Å². The summed E-state index contributed by atoms with van der Waals surface area (Å²) in [6.07, 6.45) is 0. The minimum Gasteiger partial charge on any atom is -0.465 e. The lowest BCUT2D eigenvalue weighted by Gasteiger charge is -2.20. The first kappa shape index (κ1) is 20.1. The van der Waals surface area contributed by atoms with Crippen LogP contribution in [-0.2, 0) is 16.1 Å². The quantitative estimate of drug-likeness (QED) is 0.547. The molecule has 0 radical (unpaired) electrons. The zero-order valence-electron chi connectivity index (χ0n) is 16.7. The van der Waals surface area contributed by atoms with E-state index in [1.54, 1.807) is 6.92 Å². The number of rotatable bonds is 7. The van der Waals surface area contributed by atoms with Crippen molar-refractivity contribution in [3.05, 3.63) is 41.0 Å². The van der Waals surface area contributed by atoms with Gasteiger partial charge in [0.15, 0.2) is 5.82 Å². The second-order valence-electron chi connectivity index (χ2n) is 6.46. The highest BCUT2D eigenvalue weighted by Crippen LogP contribution is 2.31. The van der Waals surface area contributed by atoms with E-state index in [2.05, 4.69) is 18.7 Å². The van der Waals surface area contributed by atoms with Crippen molar-refractivity contribution in [2.45, 2.75) is 34.2 Å². The Bertz CT molecular complexity index is 978. The molecular formula is C21H25ClN4O2. The summed E-state index contributed by atoms with van der Waals surface area (Å²) in [4.78, 5) is 24.1. The molecule has 0 N–H and O–H groups in total. The summed E-state index contributed by atoms with van der Waals surface area (Å²) in [6, 6.07) is 9.42. The van der Waals surface area contributed by atoms with Crippen molar-refractivity contribution >= 4 is 34.4 Å². The van der Waals surface area contributed by atoms with Crippen LogP contribution in [0.15, 0.2) is 30.3 Å². The highest BCUT2D eigenvalue weighted by atomic mass is 35.5. The van der Waals surface area contributed by atoms with Crippen molar-refractivity contribution in [2.75, 3.05) is 24.6 Å². The van der Waals surface area contributed by atoms with Crippen LogP contribution >= 0.6 is 11.6 Å². The third-order valence-electron chi connectivity index (χ3n) is 4.60. The largest absolute Gasteiger partial charge is 0.465 e. The van der Waals surface area contributed by atoms with Gasteiger partial charge < -0.3 is 14.2 Å². The highest BCUT2D eigenvalue weighted by Gasteiger charge is 2.21. The van der Waals surface area contributed by atoms with Gasteiger partial charge in [0.2, 0.25) is 0 Å². The Morgan fingerprint density at radius 3 is 2.43 bits per heavy atom. The van der Waals surface area contributed by atoms with E-state index in [9.17, 15) is 4.79 Å². The van der Waals surface area contributed by atoms with Gasteiger partial charge in [0.25, 0.3) is 0 Å². The van der Waals surface area contributed by atoms with Gasteiger partial charge in [-0.1, -0.05) is 11.6 Å². The Morgan fingerprint density at radius 1 is 1.14 bits per heavy atom. The second-order valence-corrected chi connectivity index (χ2v) is 6.90. The SMILES string of the molecule is CCOC(=O)Cn1c(-c2ccc(Cl)cc2)nc2c(N(CC)CC)nc(C)cc21. The molecule has 0 unspecified atom stereocenters. The van der Waals surface area contributed by atoms with Crippen molar-refractivity contribution in [1.29, 1.82) is 0 Å². The van der Waals surface area contributed by atoms with Crippen molar-refractivity contribution < 1.29 is 9.53 Å². The Kier molecular flexibility index (Phi) is 6.19. The molecule has 0 aliphatic rings. The molecule has 0 aliphatic heterocycles. The number of hydrogen-bond acceptors (Lipinski definition) is 5. The molecule has 1 aromatic carbocycles. The molecular weight excluding hydrogens is 376 g/mol. The van der Waals surface area contributed by atoms with Crippen molar-refractivity contribution in [3.8, 4) is 11.4 Å². The number of pyridine rings is 1. The van der Waals surface area contributed by atoms with Gasteiger partial charge in [-0.15, -0.1) is 0 Å². The minimum absolute atomic E-state index is 0.0867. The molecule has 0 saturated heterocycles. The molecule has 3 aromatic rings. The summed E-state index contributed by atoms with van der Waals surface area (Å²) in [5.74, 6) is 1.23. The lowest BCUT2D eigenvalue weighted by Crippen LogP contribution is -2.23. The van der Waals surface area contributed by atoms with E-state index in [4.69, 9.17) is 26.3 Å². The number of halogens is 1. The number of imidazole rings is 1. The van der Waals surface area contributed by atoms with Crippen LogP contribution < -0.4 is 4.90 Å². The van der Waals surface area contributed by atoms with E-state index in [1.807, 2.05) is 41.8 Å². The average molecular weight is 401 g/mol. The lowest BCUT2D eigenvalue weighted by atomic mass is 10.2. The fourth-order valence-corrected chi connectivity index (χ4v) is 3.41. The molecule has 2 heterocycles. The highest BCUT2D eigenvalue weighted by molar-refractivity contribution is 6.30. The zero-order valence-corrected chi connectivity index (χ0v) is 17.5. The normalized spacial score (nSPS) is 11.0. The van der Waals surface area contributed by atoms with Crippen LogP contribution in [0.2, 0.25) is 5.02 Å². The molecule has 3 rings (SSSR count). The number of esters is 1. The van der Waals surface area contributed by atoms with E-state index < -0.39 is 0 Å². The van der Waals surface area contributed by atoms with E-state index >= 15 is 0 Å². The topological polar surface area (TPSA) is 60.3 Å². The van der Waals surface area contributed by atoms with Gasteiger partial charge in [-0.2, -0.15) is 0 Å². The van der Waals surface area contributed by atoms with Crippen molar-refractivity contribution in [1.82, 2.24) is 14.5 Å². The van der Waals surface area contributed by atoms with E-state index in [-0.39, 0.29) is 12.5 Å². The first-order valence-electron chi connectivity index (χ1n) is 9.52. The first-order chi connectivity index (χ1) is 13.5. The van der Waals surface area contributed by atoms with E-state index in [0.29, 0.717) is 17.5 Å². The Balaban J connectivity index is 2.26. The van der Waals surface area contributed by atoms with Gasteiger partial charge in [-0.3, -0.25) is 4.79 Å². The van der Waals surface area contributed by atoms with Crippen molar-refractivity contribution in [2.24, 2.45) is 0 Å². The molecule has 0 bridgehead atoms. The molecule has 0 spiro atoms. The summed E-state index contributed by atoms with van der Waals surface area (Å²) >= 11 is 6.05. The summed E-state index contributed by atoms with van der Waals surface area (Å²) in [6.45, 7) is 10.0. The van der Waals surface area contributed by atoms with Crippen LogP contribution in [0, 0.1) is 6.92 Å². The van der Waals surface area contributed by atoms with Gasteiger partial charge >= 0.3 is 5.97 Å². The molecule has 28 heavy (non-hydrogen) atoms. The van der Waals surface area contributed by atoms with Crippen LogP contribution in [0.4, 0.5) is 5.82 Å². The standard InChI is InChI=1S/C21H25ClN4O2/c1-5-25(6-2)21-19-17(12-14(4)23-21)26(13-18(27)28-7-3)20(24-19)15-8-10-16(22)11-9-15/h8-12H,5-7,13H2,1-4H3. The molecule has 0 atom stereocenters. The second kappa shape index (κ2) is 8.61. The molecule has 2 aromatic heterocycles. The number of carbonyl (C=O) groups is 1. The number of aryl methyl sites for hydroxylation is 1. The van der Waals surface area contributed by atoms with E-state index in [0.717, 1.165) is 41.2 Å². The smallest absolute Gasteiger partial charge is 0.326 e. The maximum Gasteiger partial charge on any atom is 0.326 e. The van der Waals surface area contributed by atoms with Crippen LogP contribution in [0.3, 0.4) is 0 Å². The number of hydrogen-bond donors (Lipinski definition) is 0. The zero-order chi connectivity index (χ0) is 20.3. The molecule has 0 amide bonds. The fourth-order valence-electron chi connectivity index (χ4n) is 3.29. The number of benzene rings is 1. The summed E-state index contributed by atoms with van der Waals surface area (Å²) in [5.41, 5.74) is 3.41. The molecule has 7 heteroatoms. The summed E-state index contributed by atoms with van der Waals surface area (Å²) < 4.78 is 7.09. The molecule has 0 fully saturated rings. The van der Waals surface area contributed by atoms with Crippen LogP contribution in [-0.4, -0.2) is 40.2 Å². The van der Waals surface area contributed by atoms with Crippen LogP contribution in [0.1, 0.15) is 26.5 Å². The Labute approximate surface area is 170 Å². The van der Waals surface area contributed by atoms with E-state index in [1.165, 1.54) is 0 Å². The fraction of sp³-hybridized carbons (Fsp3) is 0.381. The minimum atomic E-state index is -0.295. The maximum atomic E-state index is 12.3. The van der Waals surface area contributed by atoms with Crippen LogP contribution in [0.5, 0.6) is 0 Å². The predicted molar refractivity (Wildman–Crippen MR) is 113 cm³/mol. The van der Waals surface area contributed by atoms with Crippen molar-refractivity contribution in [3.63, 3.8) is 0 Å². The summed E-state index contributed by atoms with van der Waals surface area (Å²) in [5, 5.41) is 0.651.